The van der Waals surface area contributed by atoms with Crippen LogP contribution in [0.2, 0.25) is 0 Å². The summed E-state index contributed by atoms with van der Waals surface area (Å²) in [5.74, 6) is 0. The lowest BCUT2D eigenvalue weighted by molar-refractivity contribution is 1.02. The van der Waals surface area contributed by atoms with E-state index in [0.29, 0.717) is 0 Å². The number of benzene rings is 5. The third kappa shape index (κ3) is 2.85. The molecular weight excluding hydrogens is 374 g/mol. The van der Waals surface area contributed by atoms with E-state index < -0.39 is 0 Å². The molecule has 0 spiro atoms. The molecule has 0 N–H and O–H groups in total. The van der Waals surface area contributed by atoms with Gasteiger partial charge in [0.1, 0.15) is 0 Å². The number of aromatic nitrogens is 1. The van der Waals surface area contributed by atoms with E-state index in [1.54, 1.807) is 0 Å². The van der Waals surface area contributed by atoms with Crippen molar-refractivity contribution in [3.63, 3.8) is 0 Å². The van der Waals surface area contributed by atoms with Crippen LogP contribution < -0.4 is 0 Å². The van der Waals surface area contributed by atoms with E-state index in [0.717, 1.165) is 0 Å². The van der Waals surface area contributed by atoms with Gasteiger partial charge in [-0.1, -0.05) is 96.6 Å². The Morgan fingerprint density at radius 1 is 0.516 bits per heavy atom. The molecule has 0 unspecified atom stereocenters. The van der Waals surface area contributed by atoms with Gasteiger partial charge in [-0.15, -0.1) is 0 Å². The molecule has 0 radical (unpaired) electrons. The fraction of sp³-hybridized carbons (Fsp3) is 0.0667. The van der Waals surface area contributed by atoms with E-state index in [1.165, 1.54) is 60.4 Å². The van der Waals surface area contributed by atoms with Crippen molar-refractivity contribution in [2.45, 2.75) is 6.92 Å². The quantitative estimate of drug-likeness (QED) is 0.278. The van der Waals surface area contributed by atoms with Crippen molar-refractivity contribution in [3.8, 4) is 22.3 Å². The molecule has 0 aliphatic heterocycles. The first kappa shape index (κ1) is 18.0. The number of hydrogen-bond acceptors (Lipinski definition) is 0. The van der Waals surface area contributed by atoms with Crippen molar-refractivity contribution in [3.05, 3.63) is 109 Å². The van der Waals surface area contributed by atoms with Gasteiger partial charge in [0.2, 0.25) is 0 Å². The lowest BCUT2D eigenvalue weighted by Crippen LogP contribution is -1.88. The fourth-order valence-corrected chi connectivity index (χ4v) is 4.79. The third-order valence-electron chi connectivity index (χ3n) is 6.49. The van der Waals surface area contributed by atoms with Crippen LogP contribution in [0.1, 0.15) is 5.56 Å². The fourth-order valence-electron chi connectivity index (χ4n) is 4.79. The minimum atomic E-state index is 1.25. The van der Waals surface area contributed by atoms with Crippen molar-refractivity contribution < 1.29 is 0 Å². The van der Waals surface area contributed by atoms with Crippen LogP contribution in [0.5, 0.6) is 0 Å². The highest BCUT2D eigenvalue weighted by Gasteiger charge is 2.11. The average Bonchev–Trinajstić information content (AvgIpc) is 3.12. The van der Waals surface area contributed by atoms with Gasteiger partial charge in [-0.25, -0.2) is 0 Å². The molecule has 0 aliphatic carbocycles. The molecule has 148 valence electrons. The highest BCUT2D eigenvalue weighted by atomic mass is 14.9. The standard InChI is InChI=1S/C30H23N/c1-20-7-9-21(10-8-20)22-11-13-23(14-12-22)24-15-17-26-25(19-24)16-18-28-27-5-3-4-6-29(27)31(2)30(26)28/h3-19H,1-2H3. The second-order valence-corrected chi connectivity index (χ2v) is 8.42. The van der Waals surface area contributed by atoms with Crippen LogP contribution in [0, 0.1) is 6.92 Å². The molecular formula is C30H23N. The molecule has 5 aromatic carbocycles. The van der Waals surface area contributed by atoms with Crippen LogP contribution in [0.4, 0.5) is 0 Å². The van der Waals surface area contributed by atoms with Gasteiger partial charge >= 0.3 is 0 Å². The van der Waals surface area contributed by atoms with E-state index in [2.05, 4.69) is 122 Å². The van der Waals surface area contributed by atoms with Crippen LogP contribution in [0.3, 0.4) is 0 Å². The molecule has 6 rings (SSSR count). The summed E-state index contributed by atoms with van der Waals surface area (Å²) in [7, 11) is 2.17. The summed E-state index contributed by atoms with van der Waals surface area (Å²) < 4.78 is 2.32. The van der Waals surface area contributed by atoms with E-state index in [4.69, 9.17) is 0 Å². The minimum absolute atomic E-state index is 1.25. The van der Waals surface area contributed by atoms with Gasteiger partial charge in [0.25, 0.3) is 0 Å². The van der Waals surface area contributed by atoms with Crippen molar-refractivity contribution in [1.29, 1.82) is 0 Å². The van der Waals surface area contributed by atoms with Gasteiger partial charge < -0.3 is 4.57 Å². The number of nitrogens with zero attached hydrogens (tertiary/aromatic N) is 1. The summed E-state index contributed by atoms with van der Waals surface area (Å²) in [4.78, 5) is 0. The Bertz CT molecular complexity index is 1570. The second-order valence-electron chi connectivity index (χ2n) is 8.42. The topological polar surface area (TPSA) is 4.93 Å². The Hall–Kier alpha value is -3.84. The Morgan fingerprint density at radius 2 is 1.10 bits per heavy atom. The van der Waals surface area contributed by atoms with Gasteiger partial charge in [0.15, 0.2) is 0 Å². The van der Waals surface area contributed by atoms with Crippen LogP contribution in [0.25, 0.3) is 54.8 Å². The Morgan fingerprint density at radius 3 is 1.84 bits per heavy atom. The summed E-state index contributed by atoms with van der Waals surface area (Å²) in [5.41, 5.74) is 8.88. The predicted molar refractivity (Wildman–Crippen MR) is 134 cm³/mol. The van der Waals surface area contributed by atoms with Crippen LogP contribution in [-0.4, -0.2) is 4.57 Å². The highest BCUT2D eigenvalue weighted by Crippen LogP contribution is 2.35. The van der Waals surface area contributed by atoms with Crippen LogP contribution in [-0.2, 0) is 7.05 Å². The Kier molecular flexibility index (Phi) is 3.97. The largest absolute Gasteiger partial charge is 0.343 e. The number of rotatable bonds is 2. The molecule has 1 aromatic heterocycles. The zero-order valence-corrected chi connectivity index (χ0v) is 17.8. The first-order chi connectivity index (χ1) is 15.2. The summed E-state index contributed by atoms with van der Waals surface area (Å²) in [6, 6.07) is 37.6. The van der Waals surface area contributed by atoms with E-state index in [9.17, 15) is 0 Å². The summed E-state index contributed by atoms with van der Waals surface area (Å²) in [5, 5.41) is 5.22. The molecule has 6 aromatic rings. The highest BCUT2D eigenvalue weighted by molar-refractivity contribution is 6.17. The smallest absolute Gasteiger partial charge is 0.0568 e. The van der Waals surface area contributed by atoms with Crippen molar-refractivity contribution in [2.24, 2.45) is 7.05 Å². The number of para-hydroxylation sites is 1. The van der Waals surface area contributed by atoms with E-state index in [1.807, 2.05) is 0 Å². The van der Waals surface area contributed by atoms with Gasteiger partial charge in [-0.2, -0.15) is 0 Å². The lowest BCUT2D eigenvalue weighted by atomic mass is 9.97. The summed E-state index contributed by atoms with van der Waals surface area (Å²) in [6.07, 6.45) is 0. The molecule has 0 fully saturated rings. The zero-order chi connectivity index (χ0) is 20.9. The Labute approximate surface area is 182 Å². The number of aryl methyl sites for hydroxylation is 2. The molecule has 0 aliphatic rings. The predicted octanol–water partition coefficient (Wildman–Crippen LogP) is 8.13. The van der Waals surface area contributed by atoms with Crippen molar-refractivity contribution >= 4 is 32.6 Å². The van der Waals surface area contributed by atoms with Crippen LogP contribution >= 0.6 is 0 Å². The third-order valence-corrected chi connectivity index (χ3v) is 6.49. The first-order valence-electron chi connectivity index (χ1n) is 10.8. The first-order valence-corrected chi connectivity index (χ1v) is 10.8. The molecule has 0 saturated heterocycles. The van der Waals surface area contributed by atoms with Gasteiger partial charge in [-0.05, 0) is 46.7 Å². The van der Waals surface area contributed by atoms with Crippen molar-refractivity contribution in [1.82, 2.24) is 4.57 Å². The molecule has 0 bridgehead atoms. The summed E-state index contributed by atoms with van der Waals surface area (Å²) >= 11 is 0. The van der Waals surface area contributed by atoms with Crippen molar-refractivity contribution in [2.75, 3.05) is 0 Å². The SMILES string of the molecule is Cc1ccc(-c2ccc(-c3ccc4c(ccc5c6ccccc6n(C)c45)c3)cc2)cc1. The molecule has 31 heavy (non-hydrogen) atoms. The summed E-state index contributed by atoms with van der Waals surface area (Å²) in [6.45, 7) is 2.12. The minimum Gasteiger partial charge on any atom is -0.343 e. The molecule has 0 amide bonds. The maximum Gasteiger partial charge on any atom is 0.0568 e. The maximum absolute atomic E-state index is 2.32. The molecule has 1 heterocycles. The van der Waals surface area contributed by atoms with Gasteiger partial charge in [0, 0.05) is 28.7 Å². The number of fused-ring (bicyclic) bond motifs is 5. The van der Waals surface area contributed by atoms with Gasteiger partial charge in [0.05, 0.1) is 5.52 Å². The zero-order valence-electron chi connectivity index (χ0n) is 17.8. The molecule has 1 heteroatoms. The molecule has 0 atom stereocenters. The van der Waals surface area contributed by atoms with Gasteiger partial charge in [-0.3, -0.25) is 0 Å². The van der Waals surface area contributed by atoms with E-state index >= 15 is 0 Å². The second kappa shape index (κ2) is 6.85. The molecule has 1 nitrogen and oxygen atoms in total. The maximum atomic E-state index is 2.32. The van der Waals surface area contributed by atoms with E-state index in [-0.39, 0.29) is 0 Å². The lowest BCUT2D eigenvalue weighted by Gasteiger charge is -2.08. The normalized spacial score (nSPS) is 11.5. The van der Waals surface area contributed by atoms with Crippen LogP contribution in [0.15, 0.2) is 103 Å². The molecule has 0 saturated carbocycles. The Balaban J connectivity index is 1.45. The number of hydrogen-bond donors (Lipinski definition) is 0. The average molecular weight is 398 g/mol. The monoisotopic (exact) mass is 397 g/mol.